The quantitative estimate of drug-likeness (QED) is 0.617. The van der Waals surface area contributed by atoms with Crippen molar-refractivity contribution in [3.8, 4) is 12.3 Å². The predicted octanol–water partition coefficient (Wildman–Crippen LogP) is 2.92. The van der Waals surface area contributed by atoms with Crippen LogP contribution in [-0.2, 0) is 6.42 Å². The van der Waals surface area contributed by atoms with Crippen molar-refractivity contribution in [1.29, 1.82) is 0 Å². The van der Waals surface area contributed by atoms with Gasteiger partial charge < -0.3 is 0 Å². The molecule has 1 aromatic rings. The summed E-state index contributed by atoms with van der Waals surface area (Å²) in [6.45, 7) is 5.36. The minimum absolute atomic E-state index is 0.118. The van der Waals surface area contributed by atoms with Crippen molar-refractivity contribution in [3.63, 3.8) is 0 Å². The summed E-state index contributed by atoms with van der Waals surface area (Å²) in [6, 6.07) is 4.17. The fourth-order valence-electron chi connectivity index (χ4n) is 0.988. The molecular weight excluding hydrogens is 164 g/mol. The van der Waals surface area contributed by atoms with Crippen molar-refractivity contribution in [2.24, 2.45) is 5.92 Å². The molecule has 0 aliphatic heterocycles. The van der Waals surface area contributed by atoms with Crippen molar-refractivity contribution in [2.75, 3.05) is 0 Å². The first-order chi connectivity index (χ1) is 5.86. The SMILES string of the molecule is [CH]=CC(C#C)CCc1cccs1. The van der Waals surface area contributed by atoms with Crippen molar-refractivity contribution in [3.05, 3.63) is 35.0 Å². The number of allylic oxidation sites excluding steroid dienone is 1. The molecule has 1 heteroatoms. The summed E-state index contributed by atoms with van der Waals surface area (Å²) in [4.78, 5) is 1.37. The second-order valence-electron chi connectivity index (χ2n) is 2.58. The molecule has 1 aromatic heterocycles. The fourth-order valence-corrected chi connectivity index (χ4v) is 1.71. The lowest BCUT2D eigenvalue weighted by Gasteiger charge is -2.01. The van der Waals surface area contributed by atoms with Crippen LogP contribution in [0.15, 0.2) is 23.6 Å². The standard InChI is InChI=1S/C11H11S/c1-3-10(4-2)7-8-11-6-5-9-12-11/h1-3,5-6,9-10H,7-8H2. The van der Waals surface area contributed by atoms with Gasteiger partial charge in [0.15, 0.2) is 0 Å². The molecule has 0 aliphatic rings. The molecule has 1 unspecified atom stereocenters. The third kappa shape index (κ3) is 2.56. The van der Waals surface area contributed by atoms with Crippen molar-refractivity contribution in [2.45, 2.75) is 12.8 Å². The monoisotopic (exact) mass is 175 g/mol. The number of hydrogen-bond acceptors (Lipinski definition) is 1. The molecule has 1 radical (unpaired) electrons. The van der Waals surface area contributed by atoms with E-state index in [-0.39, 0.29) is 5.92 Å². The molecule has 0 saturated heterocycles. The van der Waals surface area contributed by atoms with Crippen molar-refractivity contribution in [1.82, 2.24) is 0 Å². The van der Waals surface area contributed by atoms with Gasteiger partial charge in [-0.2, -0.15) is 0 Å². The van der Waals surface area contributed by atoms with Gasteiger partial charge in [0.25, 0.3) is 0 Å². The van der Waals surface area contributed by atoms with Gasteiger partial charge in [-0.05, 0) is 24.3 Å². The van der Waals surface area contributed by atoms with Gasteiger partial charge in [-0.25, -0.2) is 0 Å². The molecule has 1 atom stereocenters. The van der Waals surface area contributed by atoms with Crippen LogP contribution in [0.5, 0.6) is 0 Å². The highest BCUT2D eigenvalue weighted by atomic mass is 32.1. The number of thiophene rings is 1. The van der Waals surface area contributed by atoms with E-state index < -0.39 is 0 Å². The Balaban J connectivity index is 2.36. The molecule has 1 rings (SSSR count). The smallest absolute Gasteiger partial charge is 0.0386 e. The molecular formula is C11H11S. The summed E-state index contributed by atoms with van der Waals surface area (Å²) in [5.41, 5.74) is 0. The highest BCUT2D eigenvalue weighted by Crippen LogP contribution is 2.14. The average molecular weight is 175 g/mol. The third-order valence-corrected chi connectivity index (χ3v) is 2.66. The van der Waals surface area contributed by atoms with Crippen LogP contribution in [0.25, 0.3) is 0 Å². The minimum atomic E-state index is 0.118. The Morgan fingerprint density at radius 2 is 2.50 bits per heavy atom. The van der Waals surface area contributed by atoms with Gasteiger partial charge in [0, 0.05) is 10.8 Å². The maximum atomic E-state index is 5.36. The third-order valence-electron chi connectivity index (χ3n) is 1.73. The van der Waals surface area contributed by atoms with Crippen LogP contribution < -0.4 is 0 Å². The molecule has 0 N–H and O–H groups in total. The van der Waals surface area contributed by atoms with Crippen molar-refractivity contribution >= 4 is 11.3 Å². The molecule has 1 heterocycles. The van der Waals surface area contributed by atoms with Crippen LogP contribution in [-0.4, -0.2) is 0 Å². The Hall–Kier alpha value is -1.000. The summed E-state index contributed by atoms with van der Waals surface area (Å²) < 4.78 is 0. The molecule has 0 bridgehead atoms. The molecule has 12 heavy (non-hydrogen) atoms. The minimum Gasteiger partial charge on any atom is -0.149 e. The lowest BCUT2D eigenvalue weighted by molar-refractivity contribution is 0.736. The van der Waals surface area contributed by atoms with Crippen LogP contribution in [0.1, 0.15) is 11.3 Å². The van der Waals surface area contributed by atoms with E-state index in [1.807, 2.05) is 0 Å². The Kier molecular flexibility index (Phi) is 3.63. The summed E-state index contributed by atoms with van der Waals surface area (Å²) in [6.07, 6.45) is 8.84. The van der Waals surface area contributed by atoms with E-state index in [1.165, 1.54) is 4.88 Å². The van der Waals surface area contributed by atoms with E-state index >= 15 is 0 Å². The van der Waals surface area contributed by atoms with Gasteiger partial charge in [-0.1, -0.05) is 24.6 Å². The molecule has 0 nitrogen and oxygen atoms in total. The van der Waals surface area contributed by atoms with Crippen LogP contribution in [0.3, 0.4) is 0 Å². The van der Waals surface area contributed by atoms with Crippen LogP contribution >= 0.6 is 11.3 Å². The highest BCUT2D eigenvalue weighted by molar-refractivity contribution is 7.09. The Bertz CT molecular complexity index is 264. The highest BCUT2D eigenvalue weighted by Gasteiger charge is 2.00. The van der Waals surface area contributed by atoms with E-state index in [9.17, 15) is 0 Å². The van der Waals surface area contributed by atoms with Gasteiger partial charge in [0.2, 0.25) is 0 Å². The lowest BCUT2D eigenvalue weighted by Crippen LogP contribution is -1.93. The Morgan fingerprint density at radius 3 is 3.00 bits per heavy atom. The van der Waals surface area contributed by atoms with Gasteiger partial charge in [-0.15, -0.1) is 17.8 Å². The predicted molar refractivity (Wildman–Crippen MR) is 53.8 cm³/mol. The number of hydrogen-bond donors (Lipinski definition) is 0. The van der Waals surface area contributed by atoms with E-state index in [2.05, 4.69) is 23.4 Å². The molecule has 0 amide bonds. The molecule has 0 aliphatic carbocycles. The van der Waals surface area contributed by atoms with Gasteiger partial charge >= 0.3 is 0 Å². The van der Waals surface area contributed by atoms with Crippen molar-refractivity contribution < 1.29 is 0 Å². The van der Waals surface area contributed by atoms with E-state index in [0.717, 1.165) is 12.8 Å². The first kappa shape index (κ1) is 9.09. The van der Waals surface area contributed by atoms with E-state index in [0.29, 0.717) is 0 Å². The average Bonchev–Trinajstić information content (AvgIpc) is 2.59. The van der Waals surface area contributed by atoms with Gasteiger partial charge in [0.05, 0.1) is 0 Å². The molecule has 0 spiro atoms. The Morgan fingerprint density at radius 1 is 1.67 bits per heavy atom. The summed E-state index contributed by atoms with van der Waals surface area (Å²) in [5.74, 6) is 2.76. The number of terminal acetylenes is 1. The van der Waals surface area contributed by atoms with Crippen LogP contribution in [0.2, 0.25) is 0 Å². The van der Waals surface area contributed by atoms with E-state index in [1.54, 1.807) is 17.4 Å². The van der Waals surface area contributed by atoms with Gasteiger partial charge in [0.1, 0.15) is 0 Å². The second-order valence-corrected chi connectivity index (χ2v) is 3.62. The summed E-state index contributed by atoms with van der Waals surface area (Å²) in [5, 5.41) is 2.08. The van der Waals surface area contributed by atoms with Crippen LogP contribution in [0, 0.1) is 24.8 Å². The summed E-state index contributed by atoms with van der Waals surface area (Å²) in [7, 11) is 0. The van der Waals surface area contributed by atoms with E-state index in [4.69, 9.17) is 13.0 Å². The zero-order valence-corrected chi connectivity index (χ0v) is 7.68. The normalized spacial score (nSPS) is 11.9. The zero-order valence-electron chi connectivity index (χ0n) is 6.86. The largest absolute Gasteiger partial charge is 0.149 e. The molecule has 0 aromatic carbocycles. The van der Waals surface area contributed by atoms with Crippen LogP contribution in [0.4, 0.5) is 0 Å². The topological polar surface area (TPSA) is 0 Å². The lowest BCUT2D eigenvalue weighted by atomic mass is 10.0. The zero-order chi connectivity index (χ0) is 8.81. The second kappa shape index (κ2) is 4.79. The first-order valence-electron chi connectivity index (χ1n) is 3.90. The Labute approximate surface area is 77.9 Å². The molecule has 0 saturated carbocycles. The fraction of sp³-hybridized carbons (Fsp3) is 0.273. The number of aryl methyl sites for hydroxylation is 1. The maximum absolute atomic E-state index is 5.36. The molecule has 0 fully saturated rings. The molecule has 61 valence electrons. The number of rotatable bonds is 4. The van der Waals surface area contributed by atoms with Gasteiger partial charge in [-0.3, -0.25) is 0 Å². The maximum Gasteiger partial charge on any atom is 0.0386 e. The first-order valence-corrected chi connectivity index (χ1v) is 4.78. The summed E-state index contributed by atoms with van der Waals surface area (Å²) >= 11 is 1.76.